The molecule has 1 atom stereocenters. The van der Waals surface area contributed by atoms with Crippen LogP contribution in [0.1, 0.15) is 40.5 Å². The monoisotopic (exact) mass is 364 g/mol. The molecule has 0 saturated heterocycles. The second kappa shape index (κ2) is 7.63. The van der Waals surface area contributed by atoms with Gasteiger partial charge in [0, 0.05) is 11.8 Å². The van der Waals surface area contributed by atoms with E-state index in [1.54, 1.807) is 29.3 Å². The molecule has 1 fully saturated rings. The molecule has 1 aromatic carbocycles. The number of hydrogen-bond donors (Lipinski definition) is 2. The van der Waals surface area contributed by atoms with Gasteiger partial charge >= 0.3 is 0 Å². The van der Waals surface area contributed by atoms with E-state index in [0.717, 1.165) is 11.3 Å². The molecule has 0 bridgehead atoms. The summed E-state index contributed by atoms with van der Waals surface area (Å²) in [5.74, 6) is 0.0407. The fourth-order valence-electron chi connectivity index (χ4n) is 3.32. The molecule has 8 heteroatoms. The van der Waals surface area contributed by atoms with Gasteiger partial charge in [-0.25, -0.2) is 4.68 Å². The second-order valence-corrected chi connectivity index (χ2v) is 6.80. The highest BCUT2D eigenvalue weighted by Gasteiger charge is 2.36. The van der Waals surface area contributed by atoms with E-state index < -0.39 is 0 Å². The lowest BCUT2D eigenvalue weighted by Gasteiger charge is -2.37. The Labute approximate surface area is 156 Å². The molecule has 4 rings (SSSR count). The number of nitrogens with one attached hydrogen (secondary N) is 1. The van der Waals surface area contributed by atoms with Crippen LogP contribution in [0.5, 0.6) is 0 Å². The molecule has 0 radical (unpaired) electrons. The van der Waals surface area contributed by atoms with Crippen molar-refractivity contribution >= 4 is 5.91 Å². The zero-order valence-electron chi connectivity index (χ0n) is 14.6. The van der Waals surface area contributed by atoms with E-state index in [2.05, 4.69) is 25.8 Å². The molecule has 1 amide bonds. The number of aliphatic hydroxyl groups is 1. The number of aromatic nitrogens is 5. The summed E-state index contributed by atoms with van der Waals surface area (Å²) in [5.41, 5.74) is 2.40. The first-order valence-electron chi connectivity index (χ1n) is 8.88. The Morgan fingerprint density at radius 2 is 2.04 bits per heavy atom. The average Bonchev–Trinajstić information content (AvgIpc) is 3.18. The van der Waals surface area contributed by atoms with Crippen molar-refractivity contribution in [2.75, 3.05) is 0 Å². The van der Waals surface area contributed by atoms with Crippen LogP contribution in [-0.4, -0.2) is 42.3 Å². The standard InChI is InChI=1S/C19H20N6O2/c26-16-9-15(10-16)18(17-3-1-2-8-20-17)22-19(27)14-6-4-13(5-7-14)11-25-12-21-23-24-25/h1-8,12,15-16,18,26H,9-11H2,(H,22,27). The minimum Gasteiger partial charge on any atom is -0.393 e. The number of rotatable bonds is 6. The van der Waals surface area contributed by atoms with Gasteiger partial charge in [-0.1, -0.05) is 18.2 Å². The van der Waals surface area contributed by atoms with Crippen LogP contribution in [0.2, 0.25) is 0 Å². The van der Waals surface area contributed by atoms with E-state index in [0.29, 0.717) is 24.9 Å². The first-order valence-corrected chi connectivity index (χ1v) is 8.88. The van der Waals surface area contributed by atoms with Gasteiger partial charge in [0.2, 0.25) is 0 Å². The summed E-state index contributed by atoms with van der Waals surface area (Å²) in [6.45, 7) is 0.547. The van der Waals surface area contributed by atoms with Gasteiger partial charge in [-0.3, -0.25) is 9.78 Å². The van der Waals surface area contributed by atoms with Crippen LogP contribution in [0.4, 0.5) is 0 Å². The molecule has 1 saturated carbocycles. The van der Waals surface area contributed by atoms with Gasteiger partial charge in [-0.05, 0) is 59.0 Å². The first kappa shape index (κ1) is 17.3. The van der Waals surface area contributed by atoms with E-state index in [4.69, 9.17) is 0 Å². The summed E-state index contributed by atoms with van der Waals surface area (Å²) in [5, 5.41) is 23.8. The van der Waals surface area contributed by atoms with E-state index in [1.807, 2.05) is 30.3 Å². The molecule has 2 aromatic heterocycles. The molecule has 2 N–H and O–H groups in total. The number of benzene rings is 1. The minimum absolute atomic E-state index is 0.152. The van der Waals surface area contributed by atoms with Crippen LogP contribution in [0.15, 0.2) is 55.0 Å². The van der Waals surface area contributed by atoms with Gasteiger partial charge in [0.1, 0.15) is 6.33 Å². The molecule has 0 spiro atoms. The lowest BCUT2D eigenvalue weighted by atomic mass is 9.76. The van der Waals surface area contributed by atoms with Gasteiger partial charge in [-0.15, -0.1) is 5.10 Å². The number of carbonyl (C=O) groups is 1. The van der Waals surface area contributed by atoms with Crippen molar-refractivity contribution in [2.45, 2.75) is 31.5 Å². The third kappa shape index (κ3) is 4.01. The highest BCUT2D eigenvalue weighted by molar-refractivity contribution is 5.94. The molecule has 27 heavy (non-hydrogen) atoms. The molecule has 0 aliphatic heterocycles. The number of hydrogen-bond acceptors (Lipinski definition) is 6. The summed E-state index contributed by atoms with van der Waals surface area (Å²) in [6, 6.07) is 12.8. The van der Waals surface area contributed by atoms with Gasteiger partial charge in [0.25, 0.3) is 5.91 Å². The topological polar surface area (TPSA) is 106 Å². The van der Waals surface area contributed by atoms with Crippen LogP contribution in [0.3, 0.4) is 0 Å². The molecular weight excluding hydrogens is 344 g/mol. The number of aliphatic hydroxyl groups excluding tert-OH is 1. The van der Waals surface area contributed by atoms with Gasteiger partial charge < -0.3 is 10.4 Å². The van der Waals surface area contributed by atoms with Crippen LogP contribution >= 0.6 is 0 Å². The van der Waals surface area contributed by atoms with E-state index in [-0.39, 0.29) is 24.0 Å². The summed E-state index contributed by atoms with van der Waals surface area (Å²) in [4.78, 5) is 17.1. The van der Waals surface area contributed by atoms with Crippen molar-refractivity contribution in [3.05, 3.63) is 71.8 Å². The largest absolute Gasteiger partial charge is 0.393 e. The predicted molar refractivity (Wildman–Crippen MR) is 96.5 cm³/mol. The smallest absolute Gasteiger partial charge is 0.251 e. The molecule has 2 heterocycles. The average molecular weight is 364 g/mol. The third-order valence-electron chi connectivity index (χ3n) is 4.87. The van der Waals surface area contributed by atoms with Crippen molar-refractivity contribution in [3.63, 3.8) is 0 Å². The summed E-state index contributed by atoms with van der Waals surface area (Å²) < 4.78 is 1.62. The Morgan fingerprint density at radius 3 is 2.67 bits per heavy atom. The Hall–Kier alpha value is -3.13. The minimum atomic E-state index is -0.288. The van der Waals surface area contributed by atoms with Crippen molar-refractivity contribution in [3.8, 4) is 0 Å². The van der Waals surface area contributed by atoms with Crippen molar-refractivity contribution in [2.24, 2.45) is 5.92 Å². The zero-order chi connectivity index (χ0) is 18.6. The van der Waals surface area contributed by atoms with Gasteiger partial charge in [0.05, 0.1) is 24.4 Å². The maximum absolute atomic E-state index is 12.7. The van der Waals surface area contributed by atoms with E-state index >= 15 is 0 Å². The number of tetrazole rings is 1. The molecule has 138 valence electrons. The fourth-order valence-corrected chi connectivity index (χ4v) is 3.32. The quantitative estimate of drug-likeness (QED) is 0.684. The van der Waals surface area contributed by atoms with Crippen molar-refractivity contribution in [1.82, 2.24) is 30.5 Å². The maximum Gasteiger partial charge on any atom is 0.251 e. The normalized spacial score (nSPS) is 19.9. The lowest BCUT2D eigenvalue weighted by molar-refractivity contribution is 0.0228. The Kier molecular flexibility index (Phi) is 4.88. The Balaban J connectivity index is 1.46. The summed E-state index contributed by atoms with van der Waals surface area (Å²) in [7, 11) is 0. The van der Waals surface area contributed by atoms with Gasteiger partial charge in [-0.2, -0.15) is 0 Å². The molecule has 3 aromatic rings. The highest BCUT2D eigenvalue weighted by Crippen LogP contribution is 2.37. The highest BCUT2D eigenvalue weighted by atomic mass is 16.3. The first-order chi connectivity index (χ1) is 13.2. The van der Waals surface area contributed by atoms with Crippen LogP contribution in [0.25, 0.3) is 0 Å². The second-order valence-electron chi connectivity index (χ2n) is 6.80. The fraction of sp³-hybridized carbons (Fsp3) is 0.316. The molecule has 1 aliphatic rings. The molecular formula is C19H20N6O2. The molecule has 8 nitrogen and oxygen atoms in total. The zero-order valence-corrected chi connectivity index (χ0v) is 14.6. The van der Waals surface area contributed by atoms with E-state index in [1.165, 1.54) is 0 Å². The predicted octanol–water partition coefficient (Wildman–Crippen LogP) is 1.36. The van der Waals surface area contributed by atoms with Crippen LogP contribution < -0.4 is 5.32 Å². The van der Waals surface area contributed by atoms with E-state index in [9.17, 15) is 9.90 Å². The summed E-state index contributed by atoms with van der Waals surface area (Å²) >= 11 is 0. The number of nitrogens with zero attached hydrogens (tertiary/aromatic N) is 5. The SMILES string of the molecule is O=C(NC(c1ccccn1)C1CC(O)C1)c1ccc(Cn2cnnn2)cc1. The third-order valence-corrected chi connectivity index (χ3v) is 4.87. The lowest BCUT2D eigenvalue weighted by Crippen LogP contribution is -2.41. The number of amides is 1. The van der Waals surface area contributed by atoms with Crippen LogP contribution in [0, 0.1) is 5.92 Å². The summed E-state index contributed by atoms with van der Waals surface area (Å²) in [6.07, 6.45) is 4.32. The maximum atomic E-state index is 12.7. The molecule has 1 aliphatic carbocycles. The van der Waals surface area contributed by atoms with Gasteiger partial charge in [0.15, 0.2) is 0 Å². The Bertz CT molecular complexity index is 876. The van der Waals surface area contributed by atoms with Crippen molar-refractivity contribution < 1.29 is 9.90 Å². The van der Waals surface area contributed by atoms with Crippen LogP contribution in [-0.2, 0) is 6.54 Å². The molecule has 1 unspecified atom stereocenters. The number of pyridine rings is 1. The Morgan fingerprint density at radius 1 is 1.22 bits per heavy atom. The van der Waals surface area contributed by atoms with Crippen molar-refractivity contribution in [1.29, 1.82) is 0 Å². The number of carbonyl (C=O) groups excluding carboxylic acids is 1.